The van der Waals surface area contributed by atoms with Gasteiger partial charge < -0.3 is 20.3 Å². The van der Waals surface area contributed by atoms with Crippen molar-refractivity contribution in [1.82, 2.24) is 5.32 Å². The molecule has 2 aromatic carbocycles. The summed E-state index contributed by atoms with van der Waals surface area (Å²) in [5, 5.41) is 6.01. The highest BCUT2D eigenvalue weighted by atomic mass is 16.5. The largest absolute Gasteiger partial charge is 0.494 e. The van der Waals surface area contributed by atoms with Crippen molar-refractivity contribution < 1.29 is 19.1 Å². The Kier molecular flexibility index (Phi) is 7.83. The van der Waals surface area contributed by atoms with Crippen LogP contribution in [-0.4, -0.2) is 36.9 Å². The molecule has 180 valence electrons. The van der Waals surface area contributed by atoms with Crippen molar-refractivity contribution in [2.75, 3.05) is 23.4 Å². The molecular weight excluding hydrogens is 430 g/mol. The molecule has 7 nitrogen and oxygen atoms in total. The lowest BCUT2D eigenvalue weighted by molar-refractivity contribution is -0.122. The summed E-state index contributed by atoms with van der Waals surface area (Å²) in [7, 11) is 0. The number of nitrogens with one attached hydrogen (secondary N) is 2. The first kappa shape index (κ1) is 23.8. The Morgan fingerprint density at radius 1 is 1.03 bits per heavy atom. The van der Waals surface area contributed by atoms with E-state index in [4.69, 9.17) is 4.74 Å². The van der Waals surface area contributed by atoms with Gasteiger partial charge in [-0.1, -0.05) is 38.3 Å². The van der Waals surface area contributed by atoms with Crippen LogP contribution in [0.4, 0.5) is 11.4 Å². The van der Waals surface area contributed by atoms with Crippen LogP contribution < -0.4 is 20.3 Å². The number of hydrogen-bond acceptors (Lipinski definition) is 4. The maximum atomic E-state index is 13.0. The fraction of sp³-hybridized carbons (Fsp3) is 0.444. The van der Waals surface area contributed by atoms with Crippen LogP contribution >= 0.6 is 0 Å². The zero-order valence-electron chi connectivity index (χ0n) is 19.7. The van der Waals surface area contributed by atoms with Gasteiger partial charge in [0.25, 0.3) is 5.91 Å². The van der Waals surface area contributed by atoms with Crippen molar-refractivity contribution in [3.8, 4) is 5.75 Å². The summed E-state index contributed by atoms with van der Waals surface area (Å²) >= 11 is 0. The maximum Gasteiger partial charge on any atom is 0.253 e. The number of anilines is 2. The Morgan fingerprint density at radius 2 is 1.76 bits per heavy atom. The van der Waals surface area contributed by atoms with E-state index in [1.807, 2.05) is 31.2 Å². The highest BCUT2D eigenvalue weighted by Crippen LogP contribution is 2.28. The van der Waals surface area contributed by atoms with Crippen molar-refractivity contribution in [3.63, 3.8) is 0 Å². The first-order valence-electron chi connectivity index (χ1n) is 12.3. The van der Waals surface area contributed by atoms with Crippen LogP contribution in [0.15, 0.2) is 48.5 Å². The minimum absolute atomic E-state index is 0.0919. The predicted octanol–water partition coefficient (Wildman–Crippen LogP) is 4.53. The van der Waals surface area contributed by atoms with Gasteiger partial charge in [-0.15, -0.1) is 0 Å². The lowest BCUT2D eigenvalue weighted by atomic mass is 9.95. The van der Waals surface area contributed by atoms with Crippen LogP contribution in [0.25, 0.3) is 0 Å². The number of amides is 3. The molecule has 7 heteroatoms. The SMILES string of the molecule is CCCOc1ccc(N2C[C@@H](C(=O)Nc3ccccc3C(=O)NC3CCCCC3)CC2=O)cc1. The van der Waals surface area contributed by atoms with E-state index in [-0.39, 0.29) is 30.2 Å². The molecule has 0 radical (unpaired) electrons. The molecule has 0 unspecified atom stereocenters. The monoisotopic (exact) mass is 463 g/mol. The van der Waals surface area contributed by atoms with Crippen molar-refractivity contribution in [3.05, 3.63) is 54.1 Å². The molecule has 4 rings (SSSR count). The second kappa shape index (κ2) is 11.2. The van der Waals surface area contributed by atoms with Crippen molar-refractivity contribution in [2.24, 2.45) is 5.92 Å². The standard InChI is InChI=1S/C27H33N3O4/c1-2-16-34-22-14-12-21(13-15-22)30-18-19(17-25(30)31)26(32)29-24-11-7-6-10-23(24)27(33)28-20-8-4-3-5-9-20/h6-7,10-15,19-20H,2-5,8-9,16-18H2,1H3,(H,28,33)(H,29,32)/t19-/m0/s1. The summed E-state index contributed by atoms with van der Waals surface area (Å²) in [5.74, 6) is -0.243. The lowest BCUT2D eigenvalue weighted by Gasteiger charge is -2.23. The molecule has 1 atom stereocenters. The van der Waals surface area contributed by atoms with E-state index in [0.717, 1.165) is 43.5 Å². The highest BCUT2D eigenvalue weighted by molar-refractivity contribution is 6.07. The van der Waals surface area contributed by atoms with Crippen LogP contribution in [0.2, 0.25) is 0 Å². The number of hydrogen-bond donors (Lipinski definition) is 2. The third kappa shape index (κ3) is 5.76. The second-order valence-electron chi connectivity index (χ2n) is 9.09. The fourth-order valence-electron chi connectivity index (χ4n) is 4.61. The normalized spacial score (nSPS) is 18.6. The highest BCUT2D eigenvalue weighted by Gasteiger charge is 2.35. The number of rotatable bonds is 8. The Morgan fingerprint density at radius 3 is 2.50 bits per heavy atom. The van der Waals surface area contributed by atoms with E-state index < -0.39 is 5.92 Å². The van der Waals surface area contributed by atoms with Crippen LogP contribution in [-0.2, 0) is 9.59 Å². The maximum absolute atomic E-state index is 13.0. The van der Waals surface area contributed by atoms with Crippen molar-refractivity contribution in [1.29, 1.82) is 0 Å². The first-order valence-corrected chi connectivity index (χ1v) is 12.3. The van der Waals surface area contributed by atoms with Crippen molar-refractivity contribution in [2.45, 2.75) is 57.9 Å². The van der Waals surface area contributed by atoms with Gasteiger partial charge in [0.15, 0.2) is 0 Å². The molecule has 3 amide bonds. The van der Waals surface area contributed by atoms with Gasteiger partial charge in [0, 0.05) is 24.7 Å². The molecule has 2 aliphatic rings. The van der Waals surface area contributed by atoms with E-state index in [1.165, 1.54) is 6.42 Å². The summed E-state index contributed by atoms with van der Waals surface area (Å²) in [5.41, 5.74) is 1.67. The molecule has 1 aliphatic carbocycles. The zero-order valence-corrected chi connectivity index (χ0v) is 19.7. The smallest absolute Gasteiger partial charge is 0.253 e. The quantitative estimate of drug-likeness (QED) is 0.602. The number of para-hydroxylation sites is 1. The van der Waals surface area contributed by atoms with E-state index >= 15 is 0 Å². The van der Waals surface area contributed by atoms with Gasteiger partial charge in [-0.25, -0.2) is 0 Å². The molecule has 0 aromatic heterocycles. The Bertz CT molecular complexity index is 1010. The molecule has 1 aliphatic heterocycles. The van der Waals surface area contributed by atoms with Gasteiger partial charge in [0.1, 0.15) is 5.75 Å². The van der Waals surface area contributed by atoms with E-state index in [0.29, 0.717) is 24.4 Å². The molecule has 0 bridgehead atoms. The lowest BCUT2D eigenvalue weighted by Crippen LogP contribution is -2.36. The van der Waals surface area contributed by atoms with E-state index in [1.54, 1.807) is 29.2 Å². The van der Waals surface area contributed by atoms with Gasteiger partial charge in [0.2, 0.25) is 11.8 Å². The molecular formula is C27H33N3O4. The third-order valence-electron chi connectivity index (χ3n) is 6.49. The zero-order chi connectivity index (χ0) is 23.9. The molecule has 1 heterocycles. The molecule has 2 N–H and O–H groups in total. The summed E-state index contributed by atoms with van der Waals surface area (Å²) in [6.45, 7) is 2.99. The topological polar surface area (TPSA) is 87.7 Å². The Balaban J connectivity index is 1.38. The van der Waals surface area contributed by atoms with Crippen LogP contribution in [0.5, 0.6) is 5.75 Å². The molecule has 34 heavy (non-hydrogen) atoms. The summed E-state index contributed by atoms with van der Waals surface area (Å²) in [6, 6.07) is 14.6. The van der Waals surface area contributed by atoms with Gasteiger partial charge >= 0.3 is 0 Å². The molecule has 2 aromatic rings. The minimum atomic E-state index is -0.488. The number of ether oxygens (including phenoxy) is 1. The summed E-state index contributed by atoms with van der Waals surface area (Å²) < 4.78 is 5.60. The number of benzene rings is 2. The van der Waals surface area contributed by atoms with Crippen LogP contribution in [0.1, 0.15) is 62.2 Å². The van der Waals surface area contributed by atoms with Gasteiger partial charge in [-0.3, -0.25) is 14.4 Å². The third-order valence-corrected chi connectivity index (χ3v) is 6.49. The summed E-state index contributed by atoms with van der Waals surface area (Å²) in [4.78, 5) is 40.2. The van der Waals surface area contributed by atoms with Gasteiger partial charge in [-0.2, -0.15) is 0 Å². The summed E-state index contributed by atoms with van der Waals surface area (Å²) in [6.07, 6.45) is 6.52. The number of carbonyl (C=O) groups is 3. The van der Waals surface area contributed by atoms with E-state index in [2.05, 4.69) is 10.6 Å². The second-order valence-corrected chi connectivity index (χ2v) is 9.09. The number of carbonyl (C=O) groups excluding carboxylic acids is 3. The Labute approximate surface area is 200 Å². The molecule has 1 saturated carbocycles. The van der Waals surface area contributed by atoms with Crippen LogP contribution in [0, 0.1) is 5.92 Å². The first-order chi connectivity index (χ1) is 16.5. The van der Waals surface area contributed by atoms with Gasteiger partial charge in [0.05, 0.1) is 23.8 Å². The Hall–Kier alpha value is -3.35. The van der Waals surface area contributed by atoms with Crippen molar-refractivity contribution >= 4 is 29.1 Å². The minimum Gasteiger partial charge on any atom is -0.494 e. The van der Waals surface area contributed by atoms with E-state index in [9.17, 15) is 14.4 Å². The molecule has 1 saturated heterocycles. The fourth-order valence-corrected chi connectivity index (χ4v) is 4.61. The molecule has 0 spiro atoms. The molecule has 2 fully saturated rings. The predicted molar refractivity (Wildman–Crippen MR) is 132 cm³/mol. The van der Waals surface area contributed by atoms with Gasteiger partial charge in [-0.05, 0) is 55.7 Å². The average molecular weight is 464 g/mol. The van der Waals surface area contributed by atoms with Crippen LogP contribution in [0.3, 0.4) is 0 Å². The average Bonchev–Trinajstić information content (AvgIpc) is 3.25. The number of nitrogens with zero attached hydrogens (tertiary/aromatic N) is 1.